The monoisotopic (exact) mass is 288 g/mol. The number of rotatable bonds is 2. The zero-order valence-electron chi connectivity index (χ0n) is 12.4. The van der Waals surface area contributed by atoms with Crippen molar-refractivity contribution >= 4 is 9.84 Å². The van der Waals surface area contributed by atoms with Crippen LogP contribution in [0.25, 0.3) is 0 Å². The van der Waals surface area contributed by atoms with Crippen molar-refractivity contribution in [1.29, 1.82) is 0 Å². The Kier molecular flexibility index (Phi) is 4.58. The van der Waals surface area contributed by atoms with Crippen molar-refractivity contribution in [1.82, 2.24) is 4.90 Å². The van der Waals surface area contributed by atoms with E-state index in [4.69, 9.17) is 5.73 Å². The molecule has 0 aromatic heterocycles. The van der Waals surface area contributed by atoms with Gasteiger partial charge in [0, 0.05) is 25.2 Å². The van der Waals surface area contributed by atoms with Crippen molar-refractivity contribution < 1.29 is 8.42 Å². The third-order valence-electron chi connectivity index (χ3n) is 4.98. The van der Waals surface area contributed by atoms with Gasteiger partial charge in [-0.05, 0) is 37.5 Å². The Morgan fingerprint density at radius 3 is 2.47 bits per heavy atom. The zero-order chi connectivity index (χ0) is 14.2. The number of sulfone groups is 1. The minimum atomic E-state index is -2.81. The van der Waals surface area contributed by atoms with Gasteiger partial charge in [0.15, 0.2) is 9.84 Å². The molecule has 0 spiro atoms. The van der Waals surface area contributed by atoms with E-state index < -0.39 is 9.84 Å². The SMILES string of the molecule is CC1CC(C)C(CN2CCS(=O)(=O)CC2C)C(N)C1. The summed E-state index contributed by atoms with van der Waals surface area (Å²) in [5.74, 6) is 2.49. The molecule has 0 amide bonds. The predicted molar refractivity (Wildman–Crippen MR) is 78.7 cm³/mol. The second-order valence-electron chi connectivity index (χ2n) is 6.84. The molecule has 0 radical (unpaired) electrons. The number of nitrogens with two attached hydrogens (primary N) is 1. The summed E-state index contributed by atoms with van der Waals surface area (Å²) in [6.07, 6.45) is 2.36. The van der Waals surface area contributed by atoms with Crippen LogP contribution in [0.4, 0.5) is 0 Å². The smallest absolute Gasteiger partial charge is 0.153 e. The van der Waals surface area contributed by atoms with Crippen molar-refractivity contribution in [2.75, 3.05) is 24.6 Å². The van der Waals surface area contributed by atoms with Gasteiger partial charge in [0.1, 0.15) is 0 Å². The van der Waals surface area contributed by atoms with E-state index in [-0.39, 0.29) is 12.1 Å². The van der Waals surface area contributed by atoms with Gasteiger partial charge >= 0.3 is 0 Å². The summed E-state index contributed by atoms with van der Waals surface area (Å²) < 4.78 is 23.2. The summed E-state index contributed by atoms with van der Waals surface area (Å²) in [7, 11) is -2.81. The van der Waals surface area contributed by atoms with Crippen molar-refractivity contribution in [2.24, 2.45) is 23.5 Å². The van der Waals surface area contributed by atoms with E-state index in [0.717, 1.165) is 18.9 Å². The van der Waals surface area contributed by atoms with Crippen molar-refractivity contribution in [3.05, 3.63) is 0 Å². The van der Waals surface area contributed by atoms with E-state index in [2.05, 4.69) is 18.7 Å². The molecule has 4 nitrogen and oxygen atoms in total. The van der Waals surface area contributed by atoms with Gasteiger partial charge in [0.2, 0.25) is 0 Å². The summed E-state index contributed by atoms with van der Waals surface area (Å²) in [4.78, 5) is 2.33. The molecule has 2 fully saturated rings. The molecule has 0 aromatic carbocycles. The molecule has 2 aliphatic rings. The van der Waals surface area contributed by atoms with Crippen LogP contribution in [-0.4, -0.2) is 50.0 Å². The van der Waals surface area contributed by atoms with Gasteiger partial charge in [0.05, 0.1) is 11.5 Å². The molecule has 5 heteroatoms. The van der Waals surface area contributed by atoms with Crippen LogP contribution in [0.1, 0.15) is 33.6 Å². The Labute approximate surface area is 117 Å². The lowest BCUT2D eigenvalue weighted by Crippen LogP contribution is -2.53. The van der Waals surface area contributed by atoms with E-state index in [1.165, 1.54) is 6.42 Å². The van der Waals surface area contributed by atoms with Crippen LogP contribution < -0.4 is 5.73 Å². The number of hydrogen-bond acceptors (Lipinski definition) is 4. The van der Waals surface area contributed by atoms with E-state index in [0.29, 0.717) is 29.9 Å². The highest BCUT2D eigenvalue weighted by Crippen LogP contribution is 2.33. The predicted octanol–water partition coefficient (Wildman–Crippen LogP) is 1.11. The summed E-state index contributed by atoms with van der Waals surface area (Å²) in [5.41, 5.74) is 6.33. The molecule has 0 aromatic rings. The second kappa shape index (κ2) is 5.70. The highest BCUT2D eigenvalue weighted by Gasteiger charge is 2.36. The Bertz CT molecular complexity index is 398. The van der Waals surface area contributed by atoms with Crippen LogP contribution in [-0.2, 0) is 9.84 Å². The van der Waals surface area contributed by atoms with Crippen LogP contribution >= 0.6 is 0 Å². The standard InChI is InChI=1S/C14H28N2O2S/c1-10-6-11(2)13(14(15)7-10)8-16-4-5-19(17,18)9-12(16)3/h10-14H,4-9,15H2,1-3H3. The lowest BCUT2D eigenvalue weighted by Gasteiger charge is -2.43. The van der Waals surface area contributed by atoms with Crippen LogP contribution in [0.15, 0.2) is 0 Å². The Morgan fingerprint density at radius 1 is 1.21 bits per heavy atom. The molecule has 5 unspecified atom stereocenters. The Balaban J connectivity index is 1.97. The van der Waals surface area contributed by atoms with Crippen LogP contribution in [0.5, 0.6) is 0 Å². The first kappa shape index (κ1) is 15.3. The van der Waals surface area contributed by atoms with Gasteiger partial charge in [-0.2, -0.15) is 0 Å². The maximum Gasteiger partial charge on any atom is 0.153 e. The molecule has 1 aliphatic heterocycles. The molecule has 5 atom stereocenters. The van der Waals surface area contributed by atoms with E-state index in [9.17, 15) is 8.42 Å². The highest BCUT2D eigenvalue weighted by molar-refractivity contribution is 7.91. The summed E-state index contributed by atoms with van der Waals surface area (Å²) in [6, 6.07) is 0.405. The molecule has 19 heavy (non-hydrogen) atoms. The van der Waals surface area contributed by atoms with Crippen molar-refractivity contribution in [3.8, 4) is 0 Å². The van der Waals surface area contributed by atoms with Gasteiger partial charge in [0.25, 0.3) is 0 Å². The highest BCUT2D eigenvalue weighted by atomic mass is 32.2. The second-order valence-corrected chi connectivity index (χ2v) is 9.07. The quantitative estimate of drug-likeness (QED) is 0.827. The first-order valence-corrected chi connectivity index (χ1v) is 9.30. The molecular formula is C14H28N2O2S. The normalized spacial score (nSPS) is 44.1. The molecule has 1 heterocycles. The number of hydrogen-bond donors (Lipinski definition) is 1. The fourth-order valence-electron chi connectivity index (χ4n) is 3.86. The first-order chi connectivity index (χ1) is 8.78. The van der Waals surface area contributed by atoms with E-state index in [1.54, 1.807) is 0 Å². The average Bonchev–Trinajstić information content (AvgIpc) is 2.24. The molecule has 1 aliphatic carbocycles. The molecule has 0 bridgehead atoms. The molecule has 1 saturated carbocycles. The molecule has 1 saturated heterocycles. The maximum absolute atomic E-state index is 11.6. The van der Waals surface area contributed by atoms with Gasteiger partial charge in [-0.1, -0.05) is 13.8 Å². The van der Waals surface area contributed by atoms with Gasteiger partial charge in [-0.3, -0.25) is 4.90 Å². The summed E-state index contributed by atoms with van der Waals surface area (Å²) in [6.45, 7) is 8.24. The van der Waals surface area contributed by atoms with Crippen LogP contribution in [0.3, 0.4) is 0 Å². The minimum absolute atomic E-state index is 0.137. The Morgan fingerprint density at radius 2 is 1.89 bits per heavy atom. The lowest BCUT2D eigenvalue weighted by atomic mass is 9.72. The maximum atomic E-state index is 11.6. The van der Waals surface area contributed by atoms with Crippen LogP contribution in [0, 0.1) is 17.8 Å². The number of nitrogens with zero attached hydrogens (tertiary/aromatic N) is 1. The summed E-state index contributed by atoms with van der Waals surface area (Å²) in [5, 5.41) is 0. The van der Waals surface area contributed by atoms with E-state index in [1.807, 2.05) is 6.92 Å². The fraction of sp³-hybridized carbons (Fsp3) is 1.00. The topological polar surface area (TPSA) is 63.4 Å². The van der Waals surface area contributed by atoms with Gasteiger partial charge in [-0.25, -0.2) is 8.42 Å². The molecule has 2 rings (SSSR count). The van der Waals surface area contributed by atoms with E-state index >= 15 is 0 Å². The fourth-order valence-corrected chi connectivity index (χ4v) is 5.48. The Hall–Kier alpha value is -0.130. The zero-order valence-corrected chi connectivity index (χ0v) is 13.2. The molecule has 2 N–H and O–H groups in total. The first-order valence-electron chi connectivity index (χ1n) is 7.48. The van der Waals surface area contributed by atoms with Gasteiger partial charge in [-0.15, -0.1) is 0 Å². The summed E-state index contributed by atoms with van der Waals surface area (Å²) >= 11 is 0. The molecular weight excluding hydrogens is 260 g/mol. The average molecular weight is 288 g/mol. The van der Waals surface area contributed by atoms with Crippen molar-refractivity contribution in [2.45, 2.75) is 45.7 Å². The van der Waals surface area contributed by atoms with Gasteiger partial charge < -0.3 is 5.73 Å². The molecule has 112 valence electrons. The van der Waals surface area contributed by atoms with Crippen LogP contribution in [0.2, 0.25) is 0 Å². The minimum Gasteiger partial charge on any atom is -0.327 e. The lowest BCUT2D eigenvalue weighted by molar-refractivity contribution is 0.103. The third-order valence-corrected chi connectivity index (χ3v) is 6.78. The van der Waals surface area contributed by atoms with Crippen molar-refractivity contribution in [3.63, 3.8) is 0 Å². The third kappa shape index (κ3) is 3.70. The largest absolute Gasteiger partial charge is 0.327 e.